The van der Waals surface area contributed by atoms with Crippen LogP contribution in [0.25, 0.3) is 12.2 Å². The normalized spacial score (nSPS) is 19.4. The molecule has 2 aliphatic heterocycles. The van der Waals surface area contributed by atoms with Crippen LogP contribution < -0.4 is 5.32 Å². The van der Waals surface area contributed by atoms with Crippen LogP contribution in [0.15, 0.2) is 47.4 Å². The summed E-state index contributed by atoms with van der Waals surface area (Å²) >= 11 is 11.1. The van der Waals surface area contributed by atoms with E-state index < -0.39 is 30.2 Å². The van der Waals surface area contributed by atoms with E-state index in [2.05, 4.69) is 11.9 Å². The second kappa shape index (κ2) is 9.33. The zero-order valence-electron chi connectivity index (χ0n) is 15.9. The number of hydrogen-bond donors (Lipinski definition) is 2. The van der Waals surface area contributed by atoms with Gasteiger partial charge in [0.2, 0.25) is 0 Å². The number of benzene rings is 1. The third kappa shape index (κ3) is 4.95. The third-order valence-electron chi connectivity index (χ3n) is 4.21. The number of nitrogens with zero attached hydrogens (tertiary/aromatic N) is 2. The summed E-state index contributed by atoms with van der Waals surface area (Å²) in [5.41, 5.74) is 1.21. The Morgan fingerprint density at radius 1 is 1.06 bits per heavy atom. The molecule has 8 nitrogen and oxygen atoms in total. The van der Waals surface area contributed by atoms with E-state index in [4.69, 9.17) is 29.5 Å². The number of carbonyl (C=O) groups excluding carboxylic acids is 3. The van der Waals surface area contributed by atoms with Crippen molar-refractivity contribution in [3.8, 4) is 0 Å². The van der Waals surface area contributed by atoms with Gasteiger partial charge in [0.25, 0.3) is 17.7 Å². The Bertz CT molecular complexity index is 1090. The predicted octanol–water partition coefficient (Wildman–Crippen LogP) is 1.79. The molecule has 0 aliphatic carbocycles. The first-order chi connectivity index (χ1) is 14.7. The summed E-state index contributed by atoms with van der Waals surface area (Å²) in [5, 5.41) is 11.4. The number of thiocarbonyl (C=S) groups is 2. The minimum atomic E-state index is -1.15. The molecule has 2 N–H and O–H groups in total. The van der Waals surface area contributed by atoms with E-state index in [-0.39, 0.29) is 21.6 Å². The highest BCUT2D eigenvalue weighted by molar-refractivity contribution is 8.26. The fourth-order valence-corrected chi connectivity index (χ4v) is 4.27. The first-order valence-electron chi connectivity index (χ1n) is 8.78. The van der Waals surface area contributed by atoms with E-state index in [1.165, 1.54) is 17.1 Å². The topological polar surface area (TPSA) is 107 Å². The van der Waals surface area contributed by atoms with Crippen LogP contribution in [0.4, 0.5) is 0 Å². The Labute approximate surface area is 192 Å². The zero-order chi connectivity index (χ0) is 22.7. The van der Waals surface area contributed by atoms with Crippen LogP contribution in [-0.2, 0) is 19.2 Å². The lowest BCUT2D eigenvalue weighted by molar-refractivity contribution is -0.140. The van der Waals surface area contributed by atoms with Gasteiger partial charge in [-0.2, -0.15) is 0 Å². The molecule has 2 heterocycles. The van der Waals surface area contributed by atoms with Crippen molar-refractivity contribution in [3.63, 3.8) is 0 Å². The van der Waals surface area contributed by atoms with Gasteiger partial charge in [0.15, 0.2) is 5.11 Å². The van der Waals surface area contributed by atoms with Crippen molar-refractivity contribution in [3.05, 3.63) is 58.5 Å². The van der Waals surface area contributed by atoms with Crippen molar-refractivity contribution < 1.29 is 24.3 Å². The molecule has 0 atom stereocenters. The fourth-order valence-electron chi connectivity index (χ4n) is 2.77. The van der Waals surface area contributed by atoms with Crippen molar-refractivity contribution in [1.82, 2.24) is 15.1 Å². The van der Waals surface area contributed by atoms with Crippen LogP contribution in [0.3, 0.4) is 0 Å². The molecule has 0 radical (unpaired) electrons. The number of thioether (sulfide) groups is 1. The lowest BCUT2D eigenvalue weighted by atomic mass is 10.1. The first-order valence-corrected chi connectivity index (χ1v) is 10.4. The summed E-state index contributed by atoms with van der Waals surface area (Å²) in [6.07, 6.45) is 4.56. The van der Waals surface area contributed by atoms with Crippen molar-refractivity contribution >= 4 is 81.5 Å². The monoisotopic (exact) mass is 473 g/mol. The smallest absolute Gasteiger partial charge is 0.323 e. The molecule has 11 heteroatoms. The van der Waals surface area contributed by atoms with Gasteiger partial charge < -0.3 is 5.11 Å². The summed E-state index contributed by atoms with van der Waals surface area (Å²) < 4.78 is 0.184. The SMILES string of the molecule is C=CCN1C(=O)/C(=C/c2ccc(/C=C3\SC(=S)N(CC(=O)O)C3=O)cc2)C(=O)NC1=S. The summed E-state index contributed by atoms with van der Waals surface area (Å²) in [6.45, 7) is 3.26. The molecule has 0 unspecified atom stereocenters. The molecule has 0 spiro atoms. The van der Waals surface area contributed by atoms with Crippen LogP contribution in [0.1, 0.15) is 11.1 Å². The number of amides is 3. The van der Waals surface area contributed by atoms with Crippen LogP contribution in [0.2, 0.25) is 0 Å². The van der Waals surface area contributed by atoms with Crippen molar-refractivity contribution in [2.75, 3.05) is 13.1 Å². The lowest BCUT2D eigenvalue weighted by Crippen LogP contribution is -2.53. The van der Waals surface area contributed by atoms with E-state index in [9.17, 15) is 19.2 Å². The first kappa shape index (κ1) is 22.5. The number of hydrogen-bond acceptors (Lipinski definition) is 7. The van der Waals surface area contributed by atoms with Crippen LogP contribution in [-0.4, -0.2) is 61.1 Å². The molecular formula is C20H15N3O5S3. The van der Waals surface area contributed by atoms with E-state index >= 15 is 0 Å². The molecule has 158 valence electrons. The lowest BCUT2D eigenvalue weighted by Gasteiger charge is -2.27. The van der Waals surface area contributed by atoms with Crippen LogP contribution >= 0.6 is 36.2 Å². The second-order valence-corrected chi connectivity index (χ2v) is 8.41. The summed E-state index contributed by atoms with van der Waals surface area (Å²) in [7, 11) is 0. The zero-order valence-corrected chi connectivity index (χ0v) is 18.3. The maximum absolute atomic E-state index is 12.6. The molecule has 1 aromatic rings. The molecule has 3 amide bonds. The van der Waals surface area contributed by atoms with Crippen molar-refractivity contribution in [2.45, 2.75) is 0 Å². The quantitative estimate of drug-likeness (QED) is 0.279. The van der Waals surface area contributed by atoms with Gasteiger partial charge in [-0.15, -0.1) is 6.58 Å². The van der Waals surface area contributed by atoms with Gasteiger partial charge in [-0.05, 0) is 35.5 Å². The highest BCUT2D eigenvalue weighted by Crippen LogP contribution is 2.32. The van der Waals surface area contributed by atoms with Crippen molar-refractivity contribution in [1.29, 1.82) is 0 Å². The standard InChI is InChI=1S/C20H15N3O5S3/c1-2-7-22-17(27)13(16(26)21-19(22)29)8-11-3-5-12(6-4-11)9-14-18(28)23(10-15(24)25)20(30)31-14/h2-6,8-9H,1,7,10H2,(H,24,25)(H,21,26,29)/b13-8+,14-9-. The van der Waals surface area contributed by atoms with E-state index in [1.807, 2.05) is 0 Å². The van der Waals surface area contributed by atoms with Gasteiger partial charge in [0.05, 0.1) is 4.91 Å². The molecule has 1 aromatic carbocycles. The van der Waals surface area contributed by atoms with Gasteiger partial charge >= 0.3 is 5.97 Å². The van der Waals surface area contributed by atoms with Gasteiger partial charge in [0, 0.05) is 6.54 Å². The Kier molecular flexibility index (Phi) is 6.78. The molecule has 0 bridgehead atoms. The van der Waals surface area contributed by atoms with Crippen LogP contribution in [0, 0.1) is 0 Å². The Balaban J connectivity index is 1.80. The minimum absolute atomic E-state index is 0.0302. The van der Waals surface area contributed by atoms with E-state index in [0.717, 1.165) is 16.7 Å². The number of carbonyl (C=O) groups is 4. The molecule has 2 aliphatic rings. The number of nitrogens with one attached hydrogen (secondary N) is 1. The second-order valence-electron chi connectivity index (χ2n) is 6.35. The van der Waals surface area contributed by atoms with Gasteiger partial charge in [-0.25, -0.2) is 0 Å². The van der Waals surface area contributed by atoms with Gasteiger partial charge in [-0.1, -0.05) is 54.3 Å². The average Bonchev–Trinajstić information content (AvgIpc) is 2.96. The summed E-state index contributed by atoms with van der Waals surface area (Å²) in [6, 6.07) is 6.77. The van der Waals surface area contributed by atoms with E-state index in [0.29, 0.717) is 16.0 Å². The Morgan fingerprint density at radius 3 is 2.26 bits per heavy atom. The molecule has 0 saturated carbocycles. The maximum Gasteiger partial charge on any atom is 0.323 e. The van der Waals surface area contributed by atoms with Gasteiger partial charge in [0.1, 0.15) is 16.4 Å². The number of carboxylic acid groups (broad SMARTS) is 1. The molecular weight excluding hydrogens is 458 g/mol. The highest BCUT2D eigenvalue weighted by atomic mass is 32.2. The summed E-state index contributed by atoms with van der Waals surface area (Å²) in [4.78, 5) is 50.6. The van der Waals surface area contributed by atoms with E-state index in [1.54, 1.807) is 30.3 Å². The van der Waals surface area contributed by atoms with Crippen molar-refractivity contribution in [2.24, 2.45) is 0 Å². The molecule has 2 saturated heterocycles. The molecule has 2 fully saturated rings. The highest BCUT2D eigenvalue weighted by Gasteiger charge is 2.34. The maximum atomic E-state index is 12.6. The summed E-state index contributed by atoms with van der Waals surface area (Å²) in [5.74, 6) is -2.71. The Morgan fingerprint density at radius 2 is 1.68 bits per heavy atom. The molecule has 3 rings (SSSR count). The number of rotatable bonds is 6. The molecule has 0 aromatic heterocycles. The largest absolute Gasteiger partial charge is 0.480 e. The minimum Gasteiger partial charge on any atom is -0.480 e. The molecule has 31 heavy (non-hydrogen) atoms. The predicted molar refractivity (Wildman–Crippen MR) is 125 cm³/mol. The Hall–Kier alpha value is -3.15. The average molecular weight is 474 g/mol. The third-order valence-corrected chi connectivity index (χ3v) is 5.91. The number of carboxylic acids is 1. The number of aliphatic carboxylic acids is 1. The van der Waals surface area contributed by atoms with Gasteiger partial charge in [-0.3, -0.25) is 34.3 Å². The fraction of sp³-hybridized carbons (Fsp3) is 0.100. The van der Waals surface area contributed by atoms with Crippen LogP contribution in [0.5, 0.6) is 0 Å².